The maximum Gasteiger partial charge on any atom is 0.186 e. The van der Waals surface area contributed by atoms with Gasteiger partial charge in [-0.3, -0.25) is 4.79 Å². The van der Waals surface area contributed by atoms with E-state index in [4.69, 9.17) is 11.6 Å². The van der Waals surface area contributed by atoms with Crippen LogP contribution < -0.4 is 0 Å². The van der Waals surface area contributed by atoms with Gasteiger partial charge in [-0.2, -0.15) is 0 Å². The summed E-state index contributed by atoms with van der Waals surface area (Å²) in [5.74, 6) is -2.50. The van der Waals surface area contributed by atoms with Crippen molar-refractivity contribution in [3.8, 4) is 0 Å². The van der Waals surface area contributed by atoms with Gasteiger partial charge in [0.25, 0.3) is 0 Å². The van der Waals surface area contributed by atoms with Crippen LogP contribution >= 0.6 is 23.8 Å². The second-order valence-corrected chi connectivity index (χ2v) is 6.36. The molecule has 0 amide bonds. The average Bonchev–Trinajstić information content (AvgIpc) is 2.26. The Morgan fingerprint density at radius 3 is 2.67 bits per heavy atom. The number of Topliss-reactive ketones (excluding diaryl/α,β-unsaturated/α-hetero) is 1. The molecule has 0 aromatic heterocycles. The van der Waals surface area contributed by atoms with Crippen LogP contribution in [0.4, 0.5) is 4.39 Å². The zero-order chi connectivity index (χ0) is 13.9. The first-order chi connectivity index (χ1) is 8.27. The van der Waals surface area contributed by atoms with Gasteiger partial charge in [0.15, 0.2) is 15.6 Å². The molecule has 1 rings (SSSR count). The first-order valence-electron chi connectivity index (χ1n) is 4.93. The van der Waals surface area contributed by atoms with Gasteiger partial charge in [-0.1, -0.05) is 30.7 Å². The van der Waals surface area contributed by atoms with Crippen LogP contribution in [-0.4, -0.2) is 25.3 Å². The third-order valence-electron chi connectivity index (χ3n) is 2.27. The second-order valence-electron chi connectivity index (χ2n) is 3.72. The molecule has 98 valence electrons. The lowest BCUT2D eigenvalue weighted by atomic mass is 10.1. The number of sulfone groups is 1. The van der Waals surface area contributed by atoms with Gasteiger partial charge in [0.2, 0.25) is 0 Å². The van der Waals surface area contributed by atoms with E-state index in [1.54, 1.807) is 0 Å². The Balaban J connectivity index is 3.07. The van der Waals surface area contributed by atoms with Crippen LogP contribution in [0.2, 0.25) is 5.02 Å². The molecule has 7 heteroatoms. The second kappa shape index (κ2) is 5.86. The molecule has 0 aliphatic rings. The van der Waals surface area contributed by atoms with Gasteiger partial charge in [0, 0.05) is 5.92 Å². The molecular formula is C11H10ClFO3S2. The number of hydrogen-bond donors (Lipinski definition) is 0. The van der Waals surface area contributed by atoms with E-state index >= 15 is 0 Å². The molecular weight excluding hydrogens is 299 g/mol. The van der Waals surface area contributed by atoms with Crippen LogP contribution in [0.5, 0.6) is 0 Å². The molecule has 1 unspecified atom stereocenters. The van der Waals surface area contributed by atoms with Crippen molar-refractivity contribution in [1.82, 2.24) is 0 Å². The van der Waals surface area contributed by atoms with Crippen molar-refractivity contribution in [2.75, 3.05) is 5.75 Å². The molecule has 3 nitrogen and oxygen atoms in total. The summed E-state index contributed by atoms with van der Waals surface area (Å²) in [5, 5.41) is 0.960. The number of hydrogen-bond acceptors (Lipinski definition) is 4. The molecule has 1 aromatic carbocycles. The Kier molecular flexibility index (Phi) is 4.95. The van der Waals surface area contributed by atoms with E-state index in [0.29, 0.717) is 0 Å². The van der Waals surface area contributed by atoms with Crippen molar-refractivity contribution in [2.24, 2.45) is 5.92 Å². The first-order valence-corrected chi connectivity index (χ1v) is 7.44. The number of ketones is 1. The molecule has 0 radical (unpaired) electrons. The number of carbonyl (C=O) groups is 1. The molecule has 0 spiro atoms. The van der Waals surface area contributed by atoms with Crippen LogP contribution in [0.3, 0.4) is 0 Å². The van der Waals surface area contributed by atoms with E-state index < -0.39 is 33.1 Å². The minimum Gasteiger partial charge on any atom is -0.298 e. The summed E-state index contributed by atoms with van der Waals surface area (Å²) in [6, 6.07) is 2.91. The zero-order valence-corrected chi connectivity index (χ0v) is 11.8. The topological polar surface area (TPSA) is 51.2 Å². The van der Waals surface area contributed by atoms with Crippen molar-refractivity contribution in [2.45, 2.75) is 11.8 Å². The summed E-state index contributed by atoms with van der Waals surface area (Å²) < 4.78 is 36.7. The number of carbonyl (C=O) groups excluding carboxylic acids is 1. The fraction of sp³-hybridized carbons (Fsp3) is 0.273. The fourth-order valence-corrected chi connectivity index (χ4v) is 3.30. The third-order valence-corrected chi connectivity index (χ3v) is 4.80. The molecule has 0 saturated heterocycles. The summed E-state index contributed by atoms with van der Waals surface area (Å²) in [4.78, 5) is 11.3. The first kappa shape index (κ1) is 15.2. The minimum absolute atomic E-state index is 0.238. The smallest absolute Gasteiger partial charge is 0.186 e. The number of benzene rings is 1. The largest absolute Gasteiger partial charge is 0.298 e. The molecule has 0 heterocycles. The Morgan fingerprint density at radius 1 is 1.56 bits per heavy atom. The van der Waals surface area contributed by atoms with E-state index in [-0.39, 0.29) is 9.92 Å². The maximum atomic E-state index is 12.8. The van der Waals surface area contributed by atoms with Gasteiger partial charge in [-0.15, -0.1) is 0 Å². The van der Waals surface area contributed by atoms with Crippen LogP contribution in [0.25, 0.3) is 0 Å². The normalized spacial score (nSPS) is 13.1. The Labute approximate surface area is 115 Å². The number of rotatable bonds is 5. The Hall–Kier alpha value is -0.850. The van der Waals surface area contributed by atoms with E-state index in [1.807, 2.05) is 0 Å². The Morgan fingerprint density at radius 2 is 2.17 bits per heavy atom. The molecule has 0 aliphatic heterocycles. The molecule has 0 aliphatic carbocycles. The quantitative estimate of drug-likeness (QED) is 0.619. The summed E-state index contributed by atoms with van der Waals surface area (Å²) in [5.41, 5.74) is 0. The molecule has 0 fully saturated rings. The lowest BCUT2D eigenvalue weighted by molar-refractivity contribution is -0.117. The number of thiocarbonyl (C=S) groups is 1. The lowest BCUT2D eigenvalue weighted by Crippen LogP contribution is -2.22. The van der Waals surface area contributed by atoms with Gasteiger partial charge in [-0.25, -0.2) is 12.8 Å². The highest BCUT2D eigenvalue weighted by Crippen LogP contribution is 2.23. The molecule has 0 bridgehead atoms. The van der Waals surface area contributed by atoms with Crippen LogP contribution in [-0.2, 0) is 14.6 Å². The summed E-state index contributed by atoms with van der Waals surface area (Å²) in [6.45, 7) is 1.51. The molecule has 1 aromatic rings. The van der Waals surface area contributed by atoms with E-state index in [1.165, 1.54) is 12.3 Å². The molecule has 0 saturated carbocycles. The Bertz CT molecular complexity index is 584. The average molecular weight is 309 g/mol. The highest BCUT2D eigenvalue weighted by atomic mass is 35.5. The highest BCUT2D eigenvalue weighted by Gasteiger charge is 2.24. The monoisotopic (exact) mass is 308 g/mol. The minimum atomic E-state index is -3.88. The SMILES string of the molecule is CC(C=S)C(=O)CS(=O)(=O)c1ccc(F)cc1Cl. The number of halogens is 2. The van der Waals surface area contributed by atoms with E-state index in [9.17, 15) is 17.6 Å². The van der Waals surface area contributed by atoms with Crippen molar-refractivity contribution in [3.05, 3.63) is 29.0 Å². The summed E-state index contributed by atoms with van der Waals surface area (Å²) in [6.07, 6.45) is 0. The van der Waals surface area contributed by atoms with Crippen molar-refractivity contribution < 1.29 is 17.6 Å². The van der Waals surface area contributed by atoms with Crippen LogP contribution in [0.1, 0.15) is 6.92 Å². The lowest BCUT2D eigenvalue weighted by Gasteiger charge is -2.07. The van der Waals surface area contributed by atoms with E-state index in [2.05, 4.69) is 12.2 Å². The molecule has 1 atom stereocenters. The van der Waals surface area contributed by atoms with Gasteiger partial charge < -0.3 is 0 Å². The molecule has 18 heavy (non-hydrogen) atoms. The van der Waals surface area contributed by atoms with Crippen molar-refractivity contribution in [1.29, 1.82) is 0 Å². The predicted molar refractivity (Wildman–Crippen MR) is 71.3 cm³/mol. The third kappa shape index (κ3) is 3.57. The highest BCUT2D eigenvalue weighted by molar-refractivity contribution is 7.92. The van der Waals surface area contributed by atoms with Gasteiger partial charge in [-0.05, 0) is 23.6 Å². The summed E-state index contributed by atoms with van der Waals surface area (Å²) >= 11 is 10.2. The van der Waals surface area contributed by atoms with Crippen molar-refractivity contribution in [3.63, 3.8) is 0 Å². The van der Waals surface area contributed by atoms with Crippen LogP contribution in [0, 0.1) is 11.7 Å². The zero-order valence-electron chi connectivity index (χ0n) is 9.39. The van der Waals surface area contributed by atoms with E-state index in [0.717, 1.165) is 18.2 Å². The fourth-order valence-electron chi connectivity index (χ4n) is 1.20. The van der Waals surface area contributed by atoms with Gasteiger partial charge in [0.05, 0.1) is 9.92 Å². The van der Waals surface area contributed by atoms with Crippen molar-refractivity contribution >= 4 is 44.8 Å². The summed E-state index contributed by atoms with van der Waals surface area (Å²) in [7, 11) is -3.88. The van der Waals surface area contributed by atoms with Crippen LogP contribution in [0.15, 0.2) is 23.1 Å². The van der Waals surface area contributed by atoms with Gasteiger partial charge in [0.1, 0.15) is 11.6 Å². The standard InChI is InChI=1S/C11H10ClFO3S2/c1-7(5-17)10(14)6-18(15,16)11-3-2-8(13)4-9(11)12/h2-5,7H,6H2,1H3. The van der Waals surface area contributed by atoms with Gasteiger partial charge >= 0.3 is 0 Å². The maximum absolute atomic E-state index is 12.8. The molecule has 0 N–H and O–H groups in total. The predicted octanol–water partition coefficient (Wildman–Crippen LogP) is 2.46.